The van der Waals surface area contributed by atoms with Gasteiger partial charge < -0.3 is 0 Å². The molecule has 0 nitrogen and oxygen atoms in total. The van der Waals surface area contributed by atoms with Gasteiger partial charge in [-0.25, -0.2) is 0 Å². The van der Waals surface area contributed by atoms with Crippen LogP contribution in [0.3, 0.4) is 0 Å². The molecule has 2 radical (unpaired) electrons. The molecule has 2 aliphatic rings. The van der Waals surface area contributed by atoms with Gasteiger partial charge in [-0.3, -0.25) is 0 Å². The van der Waals surface area contributed by atoms with Crippen molar-refractivity contribution in [3.63, 3.8) is 0 Å². The lowest BCUT2D eigenvalue weighted by Gasteiger charge is -2.26. The van der Waals surface area contributed by atoms with Crippen LogP contribution in [0.25, 0.3) is 11.1 Å². The van der Waals surface area contributed by atoms with Crippen molar-refractivity contribution in [2.24, 2.45) is 0 Å². The van der Waals surface area contributed by atoms with Crippen molar-refractivity contribution in [3.8, 4) is 0 Å². The van der Waals surface area contributed by atoms with E-state index in [2.05, 4.69) is 68.4 Å². The highest BCUT2D eigenvalue weighted by atomic mass is 35.6. The van der Waals surface area contributed by atoms with Gasteiger partial charge in [-0.1, -0.05) is 78.3 Å². The Morgan fingerprint density at radius 3 is 2.13 bits per heavy atom. The molecule has 0 saturated carbocycles. The smallest absolute Gasteiger partial charge is 0.156 e. The summed E-state index contributed by atoms with van der Waals surface area (Å²) in [5, 5.41) is 3.20. The monoisotopic (exact) mass is 354 g/mol. The largest absolute Gasteiger partial charge is 0.209 e. The minimum Gasteiger partial charge on any atom is -0.156 e. The van der Waals surface area contributed by atoms with Crippen LogP contribution in [0.5, 0.6) is 0 Å². The van der Waals surface area contributed by atoms with Gasteiger partial charge in [-0.15, -0.1) is 0 Å². The minimum atomic E-state index is -2.37. The average molecular weight is 355 g/mol. The van der Waals surface area contributed by atoms with Crippen molar-refractivity contribution < 1.29 is 0 Å². The molecule has 1 unspecified atom stereocenters. The van der Waals surface area contributed by atoms with Crippen molar-refractivity contribution in [1.82, 2.24) is 0 Å². The summed E-state index contributed by atoms with van der Waals surface area (Å²) in [4.78, 5) is 0. The Balaban J connectivity index is 1.78. The van der Waals surface area contributed by atoms with Crippen molar-refractivity contribution in [1.29, 1.82) is 0 Å². The van der Waals surface area contributed by atoms with Crippen LogP contribution < -0.4 is 0 Å². The van der Waals surface area contributed by atoms with E-state index in [4.69, 9.17) is 22.7 Å². The van der Waals surface area contributed by atoms with Crippen LogP contribution in [0, 0.1) is 12.3 Å². The normalized spacial score (nSPS) is 19.4. The maximum atomic E-state index is 7.19. The number of hydrogen-bond donors (Lipinski definition) is 0. The number of hydrogen-bond acceptors (Lipinski definition) is 0. The van der Waals surface area contributed by atoms with E-state index >= 15 is 0 Å². The zero-order chi connectivity index (χ0) is 16.2. The molecular weight excluding hydrogens is 339 g/mol. The molecule has 114 valence electrons. The van der Waals surface area contributed by atoms with E-state index in [1.165, 1.54) is 27.8 Å². The standard InChI is InChI=1S/C20H16Cl2Si/c1-13-17-9-5-6-10-18(17)19(21)20(13)23(2,22)16-11-14-7-3-4-8-15(14)12-16/h3-12H,1-2H3. The Morgan fingerprint density at radius 2 is 1.48 bits per heavy atom. The topological polar surface area (TPSA) is 0 Å². The fourth-order valence-corrected chi connectivity index (χ4v) is 8.14. The molecule has 3 heteroatoms. The third-order valence-corrected chi connectivity index (χ3v) is 9.50. The maximum Gasteiger partial charge on any atom is 0.209 e. The predicted octanol–water partition coefficient (Wildman–Crippen LogP) is 6.13. The van der Waals surface area contributed by atoms with Gasteiger partial charge in [0.1, 0.15) is 0 Å². The van der Waals surface area contributed by atoms with Crippen LogP contribution in [0.2, 0.25) is 6.55 Å². The Bertz CT molecular complexity index is 861. The highest BCUT2D eigenvalue weighted by Gasteiger charge is 2.44. The second kappa shape index (κ2) is 5.37. The number of rotatable bonds is 2. The lowest BCUT2D eigenvalue weighted by atomic mass is 10.0. The van der Waals surface area contributed by atoms with Crippen molar-refractivity contribution in [2.45, 2.75) is 13.5 Å². The van der Waals surface area contributed by atoms with Crippen LogP contribution in [0.1, 0.15) is 29.2 Å². The fraction of sp³-hybridized carbons (Fsp3) is 0.100. The summed E-state index contributed by atoms with van der Waals surface area (Å²) in [7, 11) is -2.37. The molecule has 0 aliphatic heterocycles. The third-order valence-electron chi connectivity index (χ3n) is 4.79. The van der Waals surface area contributed by atoms with Gasteiger partial charge in [-0.05, 0) is 34.0 Å². The first-order valence-corrected chi connectivity index (χ1v) is 11.6. The summed E-state index contributed by atoms with van der Waals surface area (Å²) < 4.78 is 0. The summed E-state index contributed by atoms with van der Waals surface area (Å²) in [6, 6.07) is 16.7. The van der Waals surface area contributed by atoms with Crippen LogP contribution in [-0.2, 0) is 0 Å². The molecule has 0 bridgehead atoms. The van der Waals surface area contributed by atoms with E-state index < -0.39 is 7.38 Å². The summed E-state index contributed by atoms with van der Waals surface area (Å²) in [6.07, 6.45) is 4.45. The van der Waals surface area contributed by atoms with Gasteiger partial charge >= 0.3 is 0 Å². The van der Waals surface area contributed by atoms with Gasteiger partial charge in [0.2, 0.25) is 7.38 Å². The Labute approximate surface area is 148 Å². The molecule has 0 aromatic heterocycles. The fourth-order valence-electron chi connectivity index (χ4n) is 3.56. The van der Waals surface area contributed by atoms with Gasteiger partial charge in [0.15, 0.2) is 0 Å². The predicted molar refractivity (Wildman–Crippen MR) is 103 cm³/mol. The Kier molecular flexibility index (Phi) is 3.56. The van der Waals surface area contributed by atoms with E-state index in [0.717, 1.165) is 15.8 Å². The first kappa shape index (κ1) is 15.3. The molecule has 1 atom stereocenters. The molecule has 0 N–H and O–H groups in total. The molecule has 4 rings (SSSR count). The van der Waals surface area contributed by atoms with Gasteiger partial charge in [-0.2, -0.15) is 11.1 Å². The van der Waals surface area contributed by atoms with E-state index in [-0.39, 0.29) is 0 Å². The van der Waals surface area contributed by atoms with Crippen LogP contribution in [0.15, 0.2) is 58.9 Å². The third kappa shape index (κ3) is 2.26. The lowest BCUT2D eigenvalue weighted by molar-refractivity contribution is 1.25. The molecule has 2 aromatic carbocycles. The first-order valence-electron chi connectivity index (χ1n) is 7.69. The molecular formula is C20H16Cl2Si. The van der Waals surface area contributed by atoms with Gasteiger partial charge in [0.05, 0.1) is 0 Å². The second-order valence-corrected chi connectivity index (χ2v) is 12.0. The lowest BCUT2D eigenvalue weighted by Crippen LogP contribution is -2.31. The van der Waals surface area contributed by atoms with Gasteiger partial charge in [0, 0.05) is 17.4 Å². The molecule has 0 heterocycles. The quantitative estimate of drug-likeness (QED) is 0.449. The maximum absolute atomic E-state index is 7.19. The Morgan fingerprint density at radius 1 is 0.870 bits per heavy atom. The number of benzene rings is 2. The van der Waals surface area contributed by atoms with Crippen LogP contribution >= 0.6 is 22.7 Å². The molecule has 0 amide bonds. The van der Waals surface area contributed by atoms with Crippen molar-refractivity contribution >= 4 is 41.2 Å². The molecule has 2 aliphatic carbocycles. The van der Waals surface area contributed by atoms with E-state index in [0.29, 0.717) is 0 Å². The molecule has 23 heavy (non-hydrogen) atoms. The molecule has 0 fully saturated rings. The van der Waals surface area contributed by atoms with Crippen LogP contribution in [0.4, 0.5) is 0 Å². The number of allylic oxidation sites excluding steroid dienone is 2. The molecule has 2 aromatic rings. The average Bonchev–Trinajstić information content (AvgIpc) is 3.09. The zero-order valence-corrected chi connectivity index (χ0v) is 15.5. The highest BCUT2D eigenvalue weighted by molar-refractivity contribution is 7.29. The SMILES string of the molecule is C[C]1C([Si](C)(Cl)C2=Cc3ccccc3[CH]2)=C(Cl)c2ccccc21. The molecule has 0 saturated heterocycles. The van der Waals surface area contributed by atoms with E-state index in [1.54, 1.807) is 0 Å². The zero-order valence-electron chi connectivity index (χ0n) is 13.0. The molecule has 0 spiro atoms. The first-order chi connectivity index (χ1) is 11.0. The second-order valence-electron chi connectivity index (χ2n) is 6.24. The summed E-state index contributed by atoms with van der Waals surface area (Å²) in [5.74, 6) is 1.22. The summed E-state index contributed by atoms with van der Waals surface area (Å²) >= 11 is 13.9. The van der Waals surface area contributed by atoms with Crippen LogP contribution in [-0.4, -0.2) is 7.38 Å². The summed E-state index contributed by atoms with van der Waals surface area (Å²) in [6.45, 7) is 4.32. The van der Waals surface area contributed by atoms with E-state index in [1.807, 2.05) is 6.07 Å². The Hall–Kier alpha value is -1.28. The van der Waals surface area contributed by atoms with Crippen molar-refractivity contribution in [2.75, 3.05) is 0 Å². The number of fused-ring (bicyclic) bond motifs is 2. The summed E-state index contributed by atoms with van der Waals surface area (Å²) in [5.41, 5.74) is 4.80. The number of halogens is 2. The van der Waals surface area contributed by atoms with Crippen molar-refractivity contribution in [3.05, 3.63) is 93.5 Å². The highest BCUT2D eigenvalue weighted by Crippen LogP contribution is 2.51. The minimum absolute atomic E-state index is 0.826. The van der Waals surface area contributed by atoms with Gasteiger partial charge in [0.25, 0.3) is 0 Å². The van der Waals surface area contributed by atoms with E-state index in [9.17, 15) is 0 Å².